The zero-order valence-electron chi connectivity index (χ0n) is 19.2. The molecule has 1 atom stereocenters. The van der Waals surface area contributed by atoms with Crippen LogP contribution in [0.3, 0.4) is 0 Å². The monoisotopic (exact) mass is 463 g/mol. The number of likely N-dealkylation sites (tertiary alicyclic amines) is 1. The summed E-state index contributed by atoms with van der Waals surface area (Å²) in [6.45, 7) is 4.77. The third kappa shape index (κ3) is 3.75. The molecule has 0 bridgehead atoms. The summed E-state index contributed by atoms with van der Waals surface area (Å²) in [7, 11) is 0. The fraction of sp³-hybridized carbons (Fsp3) is 0.179. The summed E-state index contributed by atoms with van der Waals surface area (Å²) in [5.74, 6) is 0.616. The third-order valence-electron chi connectivity index (χ3n) is 6.72. The number of amides is 1. The lowest BCUT2D eigenvalue weighted by Gasteiger charge is -2.24. The molecule has 35 heavy (non-hydrogen) atoms. The molecular weight excluding hydrogens is 438 g/mol. The molecule has 1 aliphatic heterocycles. The first-order chi connectivity index (χ1) is 17.2. The molecule has 2 N–H and O–H groups in total. The molecule has 7 heteroatoms. The number of carbonyl (C=O) groups is 1. The Morgan fingerprint density at radius 2 is 2.14 bits per heavy atom. The Bertz CT molecular complexity index is 1550. The number of nitrogens with zero attached hydrogens (tertiary/aromatic N) is 3. The Balaban J connectivity index is 1.42. The molecule has 1 amide bonds. The standard InChI is InChI=1S/C28H25N5O2/c1-2-25(34)33-14-4-5-20(33)17-35-24-16-29-12-10-21(24)27-26(28-22(32-27)6-3-11-31-28)19-8-7-18-9-13-30-23(18)15-19/h2-3,6-13,15-16,20,30,32H,1,4-5,14,17H2/t20-/m0/s1. The second kappa shape index (κ2) is 8.76. The number of hydrogen-bond donors (Lipinski definition) is 2. The molecule has 4 aromatic heterocycles. The molecule has 1 fully saturated rings. The van der Waals surface area contributed by atoms with Gasteiger partial charge in [0.25, 0.3) is 0 Å². The lowest BCUT2D eigenvalue weighted by atomic mass is 9.99. The Labute approximate surface area is 202 Å². The van der Waals surface area contributed by atoms with E-state index < -0.39 is 0 Å². The second-order valence-electron chi connectivity index (χ2n) is 8.77. The maximum Gasteiger partial charge on any atom is 0.246 e. The quantitative estimate of drug-likeness (QED) is 0.333. The van der Waals surface area contributed by atoms with Crippen molar-refractivity contribution in [1.29, 1.82) is 0 Å². The molecule has 0 saturated carbocycles. The van der Waals surface area contributed by atoms with Crippen molar-refractivity contribution >= 4 is 27.8 Å². The number of aromatic nitrogens is 4. The molecule has 7 nitrogen and oxygen atoms in total. The molecule has 0 radical (unpaired) electrons. The van der Waals surface area contributed by atoms with Crippen LogP contribution in [0.15, 0.2) is 79.9 Å². The Kier molecular flexibility index (Phi) is 5.29. The van der Waals surface area contributed by atoms with Crippen molar-refractivity contribution in [2.24, 2.45) is 0 Å². The van der Waals surface area contributed by atoms with Crippen LogP contribution in [0.1, 0.15) is 12.8 Å². The molecule has 1 aromatic carbocycles. The zero-order chi connectivity index (χ0) is 23.8. The van der Waals surface area contributed by atoms with E-state index in [4.69, 9.17) is 9.72 Å². The average Bonchev–Trinajstić information content (AvgIpc) is 3.64. The van der Waals surface area contributed by atoms with Crippen molar-refractivity contribution in [3.8, 4) is 28.1 Å². The van der Waals surface area contributed by atoms with Crippen LogP contribution in [0, 0.1) is 0 Å². The van der Waals surface area contributed by atoms with E-state index in [1.807, 2.05) is 35.5 Å². The summed E-state index contributed by atoms with van der Waals surface area (Å²) < 4.78 is 6.31. The van der Waals surface area contributed by atoms with Gasteiger partial charge in [-0.05, 0) is 60.2 Å². The minimum atomic E-state index is -0.0498. The van der Waals surface area contributed by atoms with Gasteiger partial charge in [0.15, 0.2) is 0 Å². The van der Waals surface area contributed by atoms with E-state index in [2.05, 4.69) is 45.8 Å². The normalized spacial score (nSPS) is 15.7. The minimum absolute atomic E-state index is 0.0210. The highest BCUT2D eigenvalue weighted by Crippen LogP contribution is 2.41. The summed E-state index contributed by atoms with van der Waals surface area (Å²) in [6, 6.07) is 14.4. The molecule has 174 valence electrons. The van der Waals surface area contributed by atoms with Gasteiger partial charge in [-0.15, -0.1) is 0 Å². The lowest BCUT2D eigenvalue weighted by Crippen LogP contribution is -2.38. The van der Waals surface area contributed by atoms with Gasteiger partial charge in [0.1, 0.15) is 12.4 Å². The number of pyridine rings is 2. The summed E-state index contributed by atoms with van der Waals surface area (Å²) in [4.78, 5) is 30.0. The maximum atomic E-state index is 12.2. The molecule has 5 heterocycles. The SMILES string of the molecule is C=CC(=O)N1CCC[C@H]1COc1cnccc1-c1[nH]c2cccnc2c1-c1ccc2cc[nH]c2c1. The summed E-state index contributed by atoms with van der Waals surface area (Å²) in [5.41, 5.74) is 6.81. The number of fused-ring (bicyclic) bond motifs is 2. The highest BCUT2D eigenvalue weighted by Gasteiger charge is 2.28. The molecular formula is C28H25N5O2. The van der Waals surface area contributed by atoms with Gasteiger partial charge in [-0.25, -0.2) is 0 Å². The number of carbonyl (C=O) groups excluding carboxylic acids is 1. The van der Waals surface area contributed by atoms with Gasteiger partial charge < -0.3 is 19.6 Å². The maximum absolute atomic E-state index is 12.2. The Morgan fingerprint density at radius 3 is 3.06 bits per heavy atom. The molecule has 1 aliphatic rings. The van der Waals surface area contributed by atoms with Crippen LogP contribution in [0.2, 0.25) is 0 Å². The third-order valence-corrected chi connectivity index (χ3v) is 6.72. The first-order valence-corrected chi connectivity index (χ1v) is 11.8. The number of H-pyrrole nitrogens is 2. The van der Waals surface area contributed by atoms with Crippen molar-refractivity contribution in [1.82, 2.24) is 24.8 Å². The van der Waals surface area contributed by atoms with E-state index in [1.165, 1.54) is 6.08 Å². The molecule has 0 spiro atoms. The van der Waals surface area contributed by atoms with Gasteiger partial charge in [-0.3, -0.25) is 14.8 Å². The van der Waals surface area contributed by atoms with E-state index >= 15 is 0 Å². The lowest BCUT2D eigenvalue weighted by molar-refractivity contribution is -0.127. The Morgan fingerprint density at radius 1 is 1.20 bits per heavy atom. The first kappa shape index (κ1) is 21.2. The van der Waals surface area contributed by atoms with Crippen LogP contribution < -0.4 is 4.74 Å². The van der Waals surface area contributed by atoms with Crippen molar-refractivity contribution in [2.75, 3.05) is 13.2 Å². The predicted molar refractivity (Wildman–Crippen MR) is 137 cm³/mol. The second-order valence-corrected chi connectivity index (χ2v) is 8.77. The largest absolute Gasteiger partial charge is 0.489 e. The van der Waals surface area contributed by atoms with E-state index in [-0.39, 0.29) is 11.9 Å². The topological polar surface area (TPSA) is 86.9 Å². The summed E-state index contributed by atoms with van der Waals surface area (Å²) >= 11 is 0. The van der Waals surface area contributed by atoms with E-state index in [0.29, 0.717) is 12.4 Å². The number of ether oxygens (including phenoxy) is 1. The van der Waals surface area contributed by atoms with Crippen LogP contribution in [0.4, 0.5) is 0 Å². The number of nitrogens with one attached hydrogen (secondary N) is 2. The zero-order valence-corrected chi connectivity index (χ0v) is 19.2. The Hall–Kier alpha value is -4.39. The summed E-state index contributed by atoms with van der Waals surface area (Å²) in [6.07, 6.45) is 10.5. The minimum Gasteiger partial charge on any atom is -0.489 e. The number of benzene rings is 1. The number of hydrogen-bond acceptors (Lipinski definition) is 4. The molecule has 1 saturated heterocycles. The van der Waals surface area contributed by atoms with Crippen LogP contribution in [-0.4, -0.2) is 49.9 Å². The molecule has 5 aromatic rings. The average molecular weight is 464 g/mol. The predicted octanol–water partition coefficient (Wildman–Crippen LogP) is 5.33. The van der Waals surface area contributed by atoms with Gasteiger partial charge in [0.2, 0.25) is 5.91 Å². The van der Waals surface area contributed by atoms with Crippen LogP contribution in [-0.2, 0) is 4.79 Å². The van der Waals surface area contributed by atoms with Gasteiger partial charge in [0.05, 0.1) is 29.0 Å². The van der Waals surface area contributed by atoms with Gasteiger partial charge >= 0.3 is 0 Å². The molecule has 6 rings (SSSR count). The van der Waals surface area contributed by atoms with Crippen LogP contribution in [0.5, 0.6) is 5.75 Å². The van der Waals surface area contributed by atoms with Crippen molar-refractivity contribution in [3.63, 3.8) is 0 Å². The van der Waals surface area contributed by atoms with E-state index in [0.717, 1.165) is 63.7 Å². The number of aromatic amines is 2. The van der Waals surface area contributed by atoms with Crippen molar-refractivity contribution in [3.05, 3.63) is 79.9 Å². The van der Waals surface area contributed by atoms with Crippen molar-refractivity contribution in [2.45, 2.75) is 18.9 Å². The van der Waals surface area contributed by atoms with Crippen LogP contribution >= 0.6 is 0 Å². The molecule has 0 unspecified atom stereocenters. The van der Waals surface area contributed by atoms with Crippen LogP contribution in [0.25, 0.3) is 44.3 Å². The fourth-order valence-electron chi connectivity index (χ4n) is 5.01. The first-order valence-electron chi connectivity index (χ1n) is 11.8. The van der Waals surface area contributed by atoms with E-state index in [1.54, 1.807) is 12.4 Å². The fourth-order valence-corrected chi connectivity index (χ4v) is 5.01. The van der Waals surface area contributed by atoms with E-state index in [9.17, 15) is 4.79 Å². The van der Waals surface area contributed by atoms with Gasteiger partial charge in [0, 0.05) is 41.8 Å². The highest BCUT2D eigenvalue weighted by atomic mass is 16.5. The summed E-state index contributed by atoms with van der Waals surface area (Å²) in [5, 5.41) is 1.16. The van der Waals surface area contributed by atoms with Crippen molar-refractivity contribution < 1.29 is 9.53 Å². The van der Waals surface area contributed by atoms with Gasteiger partial charge in [-0.1, -0.05) is 18.7 Å². The molecule has 0 aliphatic carbocycles. The highest BCUT2D eigenvalue weighted by molar-refractivity contribution is 6.03. The smallest absolute Gasteiger partial charge is 0.246 e. The number of rotatable bonds is 6. The van der Waals surface area contributed by atoms with Gasteiger partial charge in [-0.2, -0.15) is 0 Å².